The number of likely N-dealkylation sites (tertiary alicyclic amines) is 1. The molecule has 92 heavy (non-hydrogen) atoms. The molecular weight excluding hydrogens is 1260 g/mol. The standard InChI is InChI=1S/C68H79N5O15S4/c1-43-30-52-46(19-20-49-34-47-14-9-11-16-54(47)72(49)64(52)76)36-58(43)87-41-44-31-45(42-88-60-38-56-53(37-59(60)83-6)65(77)73-51(40-69(56)4)35-48-15-10-12-17-55(48)73)33-50(32-44)70(23-24-85-27-28-86-26-25-82-5)67(79)68(2,3)91-90-29-21-62(92(80,81)84-7)57(74)18-13-22-71-63(75)39-61(89-8)66(71)78/h9-12,14-17,30-33,36-38,49,51,61-62H,13,18-29,34-35,39,41-42H2,1-8H3/t49-,51+,61?,62?/m1/s1. The zero-order valence-corrected chi connectivity index (χ0v) is 56.5. The molecule has 5 aliphatic heterocycles. The van der Waals surface area contributed by atoms with Crippen LogP contribution in [0.15, 0.2) is 91.0 Å². The second-order valence-corrected chi connectivity index (χ2v) is 29.7. The van der Waals surface area contributed by atoms with Crippen molar-refractivity contribution in [3.63, 3.8) is 0 Å². The van der Waals surface area contributed by atoms with Crippen molar-refractivity contribution < 1.29 is 74.4 Å². The Morgan fingerprint density at radius 2 is 1.43 bits per heavy atom. The van der Waals surface area contributed by atoms with Gasteiger partial charge in [-0.1, -0.05) is 58.0 Å². The number of methoxy groups -OCH3 is 2. The van der Waals surface area contributed by atoms with Crippen molar-refractivity contribution in [2.75, 3.05) is 101 Å². The monoisotopic (exact) mass is 1330 g/mol. The summed E-state index contributed by atoms with van der Waals surface area (Å²) in [5.74, 6) is -0.315. The molecule has 1 saturated heterocycles. The number of carbonyl (C=O) groups excluding carboxylic acids is 6. The number of hydrogen-bond donors (Lipinski definition) is 0. The highest BCUT2D eigenvalue weighted by Gasteiger charge is 2.41. The van der Waals surface area contributed by atoms with E-state index in [2.05, 4.69) is 12.3 Å². The van der Waals surface area contributed by atoms with Gasteiger partial charge in [0, 0.05) is 85.3 Å². The van der Waals surface area contributed by atoms with Crippen molar-refractivity contribution >= 4 is 108 Å². The quantitative estimate of drug-likeness (QED) is 0.0101. The van der Waals surface area contributed by atoms with Gasteiger partial charge in [0.15, 0.2) is 11.5 Å². The van der Waals surface area contributed by atoms with Gasteiger partial charge in [0.2, 0.25) is 23.6 Å². The van der Waals surface area contributed by atoms with Crippen LogP contribution < -0.4 is 28.9 Å². The molecule has 5 amide bonds. The van der Waals surface area contributed by atoms with Gasteiger partial charge in [-0.05, 0) is 154 Å². The first kappa shape index (κ1) is 68.1. The number of para-hydroxylation sites is 2. The van der Waals surface area contributed by atoms with E-state index in [0.717, 1.165) is 52.9 Å². The summed E-state index contributed by atoms with van der Waals surface area (Å²) in [6.07, 6.45) is 8.01. The number of ketones is 1. The van der Waals surface area contributed by atoms with E-state index in [1.54, 1.807) is 49.1 Å². The fourth-order valence-corrected chi connectivity index (χ4v) is 16.8. The maximum Gasteiger partial charge on any atom is 0.277 e. The van der Waals surface area contributed by atoms with Gasteiger partial charge in [0.1, 0.15) is 37.0 Å². The summed E-state index contributed by atoms with van der Waals surface area (Å²) in [5.41, 5.74) is 9.22. The molecule has 1 fully saturated rings. The van der Waals surface area contributed by atoms with Gasteiger partial charge in [0.25, 0.3) is 16.0 Å². The molecule has 5 aliphatic rings. The second kappa shape index (κ2) is 30.1. The minimum Gasteiger partial charge on any atom is -0.493 e. The summed E-state index contributed by atoms with van der Waals surface area (Å²) in [7, 11) is 4.11. The number of carbonyl (C=O) groups is 6. The van der Waals surface area contributed by atoms with Crippen molar-refractivity contribution in [2.45, 2.75) is 113 Å². The number of anilines is 3. The van der Waals surface area contributed by atoms with Crippen molar-refractivity contribution in [3.05, 3.63) is 136 Å². The molecule has 0 spiro atoms. The topological polar surface area (TPSA) is 217 Å². The van der Waals surface area contributed by atoms with Crippen molar-refractivity contribution in [1.29, 1.82) is 0 Å². The van der Waals surface area contributed by atoms with E-state index in [1.165, 1.54) is 46.0 Å². The molecule has 2 unspecified atom stereocenters. The smallest absolute Gasteiger partial charge is 0.277 e. The van der Waals surface area contributed by atoms with E-state index < -0.39 is 31.1 Å². The summed E-state index contributed by atoms with van der Waals surface area (Å²) in [6.45, 7) is 7.07. The van der Waals surface area contributed by atoms with Crippen LogP contribution in [0, 0.1) is 6.92 Å². The molecule has 0 N–H and O–H groups in total. The third-order valence-electron chi connectivity index (χ3n) is 17.2. The SMILES string of the molecule is COCCOCCOCCN(C(=O)C(C)(C)SSCCC(C(=O)CCCN1C(=O)CC(SC)C1=O)S(=O)(=O)OC)c1cc(COc2cc3c(cc2C)C(=O)N2c4ccccc4C[C@H]2CC3)cc(COc2cc3c(cc2OC)C(=O)N2c4ccccc4C[C@H]2[C-]=[N+]3C)c1. The lowest BCUT2D eigenvalue weighted by molar-refractivity contribution is -0.401. The molecule has 0 aliphatic carbocycles. The van der Waals surface area contributed by atoms with Crippen LogP contribution in [-0.4, -0.2) is 173 Å². The van der Waals surface area contributed by atoms with E-state index in [9.17, 15) is 32.4 Å². The fourth-order valence-electron chi connectivity index (χ4n) is 12.4. The molecule has 5 aromatic rings. The minimum atomic E-state index is -4.34. The Morgan fingerprint density at radius 1 is 0.772 bits per heavy atom. The van der Waals surface area contributed by atoms with E-state index in [4.69, 9.17) is 32.6 Å². The molecular formula is C68H79N5O15S4. The average molecular weight is 1330 g/mol. The van der Waals surface area contributed by atoms with Crippen LogP contribution in [0.5, 0.6) is 17.2 Å². The molecule has 10 rings (SSSR count). The second-order valence-electron chi connectivity index (χ2n) is 23.7. The lowest BCUT2D eigenvalue weighted by Gasteiger charge is -2.32. The van der Waals surface area contributed by atoms with Crippen molar-refractivity contribution in [3.8, 4) is 17.2 Å². The first-order valence-corrected chi connectivity index (χ1v) is 35.9. The molecule has 0 saturated carbocycles. The van der Waals surface area contributed by atoms with Gasteiger partial charge in [-0.25, -0.2) is 0 Å². The third-order valence-corrected chi connectivity index (χ3v) is 23.0. The predicted octanol–water partition coefficient (Wildman–Crippen LogP) is 9.23. The third kappa shape index (κ3) is 15.1. The number of thioether (sulfide) groups is 1. The average Bonchev–Trinajstić information content (AvgIpc) is 1.63. The maximum absolute atomic E-state index is 15.4. The Hall–Kier alpha value is -6.77. The summed E-state index contributed by atoms with van der Waals surface area (Å²) < 4.78 is 68.3. The number of rotatable bonds is 31. The van der Waals surface area contributed by atoms with E-state index in [-0.39, 0.29) is 113 Å². The Bertz CT molecular complexity index is 3770. The lowest BCUT2D eigenvalue weighted by Crippen LogP contribution is -2.45. The number of ether oxygens (including phenoxy) is 6. The summed E-state index contributed by atoms with van der Waals surface area (Å²) in [5, 5.41) is -1.99. The number of Topliss-reactive ketones (excluding diaryl/α,β-unsaturated/α-hetero) is 1. The number of fused-ring (bicyclic) bond motifs is 8. The number of amides is 5. The molecule has 20 nitrogen and oxygen atoms in total. The van der Waals surface area contributed by atoms with E-state index >= 15 is 4.79 Å². The van der Waals surface area contributed by atoms with Crippen LogP contribution in [0.25, 0.3) is 0 Å². The highest BCUT2D eigenvalue weighted by atomic mass is 33.1. The molecule has 5 heterocycles. The predicted molar refractivity (Wildman–Crippen MR) is 357 cm³/mol. The Kier molecular flexibility index (Phi) is 22.3. The minimum absolute atomic E-state index is 0.000653. The highest BCUT2D eigenvalue weighted by molar-refractivity contribution is 8.77. The molecule has 0 bridgehead atoms. The number of hydrogen-bond acceptors (Lipinski definition) is 18. The van der Waals surface area contributed by atoms with Crippen LogP contribution in [0.2, 0.25) is 0 Å². The largest absolute Gasteiger partial charge is 0.493 e. The molecule has 5 aromatic carbocycles. The van der Waals surface area contributed by atoms with E-state index in [0.29, 0.717) is 83.5 Å². The molecule has 24 heteroatoms. The van der Waals surface area contributed by atoms with Crippen LogP contribution in [0.3, 0.4) is 0 Å². The zero-order valence-electron chi connectivity index (χ0n) is 53.2. The number of benzene rings is 5. The Morgan fingerprint density at radius 3 is 2.12 bits per heavy atom. The number of aryl methyl sites for hydroxylation is 2. The summed E-state index contributed by atoms with van der Waals surface area (Å²) in [6, 6.07) is 28.8. The van der Waals surface area contributed by atoms with Gasteiger partial charge < -0.3 is 47.7 Å². The molecule has 490 valence electrons. The van der Waals surface area contributed by atoms with Crippen molar-refractivity contribution in [1.82, 2.24) is 4.90 Å². The van der Waals surface area contributed by atoms with Gasteiger partial charge >= 0.3 is 0 Å². The van der Waals surface area contributed by atoms with Crippen LogP contribution in [-0.2, 0) is 80.2 Å². The van der Waals surface area contributed by atoms with Gasteiger partial charge in [-0.15, -0.1) is 0 Å². The van der Waals surface area contributed by atoms with Crippen LogP contribution >= 0.6 is 33.3 Å². The highest BCUT2D eigenvalue weighted by Crippen LogP contribution is 2.44. The number of imide groups is 1. The molecule has 0 aromatic heterocycles. The first-order valence-electron chi connectivity index (χ1n) is 30.8. The normalized spacial score (nSPS) is 17.9. The van der Waals surface area contributed by atoms with Gasteiger partial charge in [0.05, 0.1) is 62.9 Å². The van der Waals surface area contributed by atoms with Gasteiger partial charge in [-0.2, -0.15) is 20.2 Å². The van der Waals surface area contributed by atoms with Crippen molar-refractivity contribution in [2.24, 2.45) is 0 Å². The fraction of sp³-hybridized carbons (Fsp3) is 0.456. The summed E-state index contributed by atoms with van der Waals surface area (Å²) in [4.78, 5) is 89.6. The van der Waals surface area contributed by atoms with Crippen LogP contribution in [0.1, 0.15) is 100 Å². The molecule has 4 atom stereocenters. The summed E-state index contributed by atoms with van der Waals surface area (Å²) >= 11 is 1.29. The Balaban J connectivity index is 0.918. The van der Waals surface area contributed by atoms with Crippen LogP contribution in [0.4, 0.5) is 22.7 Å². The number of nitrogens with zero attached hydrogens (tertiary/aromatic N) is 5. The molecule has 0 radical (unpaired) electrons. The lowest BCUT2D eigenvalue weighted by atomic mass is 9.98. The zero-order chi connectivity index (χ0) is 65.4. The van der Waals surface area contributed by atoms with E-state index in [1.807, 2.05) is 96.2 Å². The first-order chi connectivity index (χ1) is 44.2. The maximum atomic E-state index is 15.4. The van der Waals surface area contributed by atoms with Gasteiger partial charge in [-0.3, -0.25) is 37.9 Å². The Labute approximate surface area is 550 Å².